The van der Waals surface area contributed by atoms with Crippen molar-refractivity contribution in [3.05, 3.63) is 30.3 Å². The predicted octanol–water partition coefficient (Wildman–Crippen LogP) is 1.25. The lowest BCUT2D eigenvalue weighted by Gasteiger charge is -2.26. The summed E-state index contributed by atoms with van der Waals surface area (Å²) in [5.41, 5.74) is 0.799. The lowest BCUT2D eigenvalue weighted by molar-refractivity contribution is -0.119. The van der Waals surface area contributed by atoms with Crippen molar-refractivity contribution in [3.8, 4) is 6.07 Å². The molecule has 0 saturated heterocycles. The summed E-state index contributed by atoms with van der Waals surface area (Å²) in [6.45, 7) is 3.79. The molecule has 1 rings (SSSR count). The van der Waals surface area contributed by atoms with Crippen molar-refractivity contribution < 1.29 is 9.90 Å². The van der Waals surface area contributed by atoms with Crippen LogP contribution in [0.25, 0.3) is 0 Å². The van der Waals surface area contributed by atoms with Crippen molar-refractivity contribution in [2.24, 2.45) is 0 Å². The normalized spacial score (nSPS) is 10.3. The van der Waals surface area contributed by atoms with E-state index in [4.69, 9.17) is 10.4 Å². The molecule has 108 valence electrons. The number of para-hydroxylation sites is 1. The highest BCUT2D eigenvalue weighted by molar-refractivity contribution is 5.94. The summed E-state index contributed by atoms with van der Waals surface area (Å²) in [6.07, 6.45) is 0.298. The number of aliphatic hydroxyl groups is 1. The fraction of sp³-hybridized carbons (Fsp3) is 0.467. The summed E-state index contributed by atoms with van der Waals surface area (Å²) in [5, 5.41) is 17.7. The predicted molar refractivity (Wildman–Crippen MR) is 78.2 cm³/mol. The van der Waals surface area contributed by atoms with E-state index in [-0.39, 0.29) is 19.1 Å². The Morgan fingerprint density at radius 1 is 1.30 bits per heavy atom. The van der Waals surface area contributed by atoms with E-state index >= 15 is 0 Å². The number of amides is 1. The Bertz CT molecular complexity index is 442. The molecule has 5 nitrogen and oxygen atoms in total. The Hall–Kier alpha value is -1.90. The molecule has 1 aromatic rings. The zero-order valence-electron chi connectivity index (χ0n) is 11.8. The molecule has 0 heterocycles. The van der Waals surface area contributed by atoms with E-state index in [1.165, 1.54) is 0 Å². The van der Waals surface area contributed by atoms with Crippen molar-refractivity contribution in [3.63, 3.8) is 0 Å². The van der Waals surface area contributed by atoms with Crippen molar-refractivity contribution in [2.45, 2.75) is 13.3 Å². The maximum absolute atomic E-state index is 12.4. The third kappa shape index (κ3) is 5.00. The molecule has 20 heavy (non-hydrogen) atoms. The molecule has 0 saturated carbocycles. The second-order valence-corrected chi connectivity index (χ2v) is 4.38. The molecule has 0 aromatic heterocycles. The van der Waals surface area contributed by atoms with Gasteiger partial charge < -0.3 is 10.0 Å². The molecule has 0 aliphatic carbocycles. The number of aliphatic hydroxyl groups excluding tert-OH is 1. The average molecular weight is 275 g/mol. The van der Waals surface area contributed by atoms with E-state index in [2.05, 4.69) is 6.07 Å². The largest absolute Gasteiger partial charge is 0.395 e. The zero-order valence-corrected chi connectivity index (χ0v) is 11.8. The Kier molecular flexibility index (Phi) is 7.33. The van der Waals surface area contributed by atoms with Crippen molar-refractivity contribution in [1.82, 2.24) is 4.90 Å². The van der Waals surface area contributed by atoms with E-state index in [0.717, 1.165) is 5.69 Å². The number of hydrogen-bond acceptors (Lipinski definition) is 4. The van der Waals surface area contributed by atoms with Gasteiger partial charge in [-0.15, -0.1) is 0 Å². The Labute approximate surface area is 120 Å². The minimum absolute atomic E-state index is 0.0324. The van der Waals surface area contributed by atoms with Crippen LogP contribution >= 0.6 is 0 Å². The van der Waals surface area contributed by atoms with Gasteiger partial charge >= 0.3 is 0 Å². The van der Waals surface area contributed by atoms with Gasteiger partial charge in [0.2, 0.25) is 5.91 Å². The van der Waals surface area contributed by atoms with Crippen molar-refractivity contribution >= 4 is 11.6 Å². The van der Waals surface area contributed by atoms with Crippen LogP contribution in [0.5, 0.6) is 0 Å². The van der Waals surface area contributed by atoms with Crippen LogP contribution in [0.2, 0.25) is 0 Å². The van der Waals surface area contributed by atoms with Crippen LogP contribution in [0.15, 0.2) is 30.3 Å². The van der Waals surface area contributed by atoms with Crippen LogP contribution in [0.1, 0.15) is 13.3 Å². The standard InChI is InChI=1S/C15H21N3O2/c1-2-17(11-12-19)13-15(20)18(10-6-9-16)14-7-4-3-5-8-14/h3-5,7-8,19H,2,6,10-13H2,1H3. The van der Waals surface area contributed by atoms with E-state index in [1.54, 1.807) is 4.90 Å². The lowest BCUT2D eigenvalue weighted by atomic mass is 10.2. The monoisotopic (exact) mass is 275 g/mol. The van der Waals surface area contributed by atoms with Gasteiger partial charge in [0.25, 0.3) is 0 Å². The molecule has 1 amide bonds. The van der Waals surface area contributed by atoms with Crippen LogP contribution in [-0.4, -0.2) is 48.7 Å². The molecule has 1 N–H and O–H groups in total. The molecule has 0 bridgehead atoms. The first-order chi connectivity index (χ1) is 9.72. The molecular weight excluding hydrogens is 254 g/mol. The van der Waals surface area contributed by atoms with Gasteiger partial charge in [0.05, 0.1) is 25.6 Å². The maximum Gasteiger partial charge on any atom is 0.241 e. The third-order valence-electron chi connectivity index (χ3n) is 3.04. The Balaban J connectivity index is 2.77. The maximum atomic E-state index is 12.4. The number of hydrogen-bond donors (Lipinski definition) is 1. The number of likely N-dealkylation sites (N-methyl/N-ethyl adjacent to an activating group) is 1. The number of nitriles is 1. The van der Waals surface area contributed by atoms with E-state index in [1.807, 2.05) is 42.2 Å². The summed E-state index contributed by atoms with van der Waals surface area (Å²) in [7, 11) is 0. The smallest absolute Gasteiger partial charge is 0.241 e. The zero-order chi connectivity index (χ0) is 14.8. The molecule has 0 unspecified atom stereocenters. The number of nitrogens with zero attached hydrogens (tertiary/aromatic N) is 3. The number of rotatable bonds is 8. The first-order valence-corrected chi connectivity index (χ1v) is 6.78. The minimum atomic E-state index is -0.0539. The molecule has 5 heteroatoms. The summed E-state index contributed by atoms with van der Waals surface area (Å²) in [4.78, 5) is 15.9. The van der Waals surface area contributed by atoms with Crippen LogP contribution in [0.3, 0.4) is 0 Å². The molecule has 0 spiro atoms. The van der Waals surface area contributed by atoms with Crippen LogP contribution in [0.4, 0.5) is 5.69 Å². The number of anilines is 1. The molecule has 0 radical (unpaired) electrons. The molecule has 0 aliphatic heterocycles. The van der Waals surface area contributed by atoms with Gasteiger partial charge in [-0.25, -0.2) is 0 Å². The molecule has 0 fully saturated rings. The van der Waals surface area contributed by atoms with Crippen LogP contribution in [-0.2, 0) is 4.79 Å². The van der Waals surface area contributed by atoms with Gasteiger partial charge in [-0.1, -0.05) is 25.1 Å². The summed E-state index contributed by atoms with van der Waals surface area (Å²) in [6, 6.07) is 11.4. The quantitative estimate of drug-likeness (QED) is 0.775. The molecular formula is C15H21N3O2. The molecule has 0 aliphatic rings. The third-order valence-corrected chi connectivity index (χ3v) is 3.04. The van der Waals surface area contributed by atoms with Gasteiger partial charge in [-0.05, 0) is 18.7 Å². The van der Waals surface area contributed by atoms with Gasteiger partial charge in [-0.2, -0.15) is 5.26 Å². The van der Waals surface area contributed by atoms with E-state index < -0.39 is 0 Å². The van der Waals surface area contributed by atoms with Crippen LogP contribution < -0.4 is 4.90 Å². The fourth-order valence-corrected chi connectivity index (χ4v) is 1.93. The first kappa shape index (κ1) is 16.2. The van der Waals surface area contributed by atoms with Gasteiger partial charge in [0, 0.05) is 18.8 Å². The van der Waals surface area contributed by atoms with E-state index in [0.29, 0.717) is 26.1 Å². The fourth-order valence-electron chi connectivity index (χ4n) is 1.93. The van der Waals surface area contributed by atoms with Gasteiger partial charge in [0.1, 0.15) is 0 Å². The summed E-state index contributed by atoms with van der Waals surface area (Å²) < 4.78 is 0. The first-order valence-electron chi connectivity index (χ1n) is 6.78. The highest BCUT2D eigenvalue weighted by Crippen LogP contribution is 2.14. The van der Waals surface area contributed by atoms with Crippen molar-refractivity contribution in [2.75, 3.05) is 37.7 Å². The summed E-state index contributed by atoms with van der Waals surface area (Å²) >= 11 is 0. The van der Waals surface area contributed by atoms with Crippen LogP contribution in [0, 0.1) is 11.3 Å². The van der Waals surface area contributed by atoms with Gasteiger partial charge in [0.15, 0.2) is 0 Å². The highest BCUT2D eigenvalue weighted by atomic mass is 16.3. The topological polar surface area (TPSA) is 67.6 Å². The molecule has 1 aromatic carbocycles. The van der Waals surface area contributed by atoms with E-state index in [9.17, 15) is 4.79 Å². The number of carbonyl (C=O) groups excluding carboxylic acids is 1. The SMILES string of the molecule is CCN(CCO)CC(=O)N(CCC#N)c1ccccc1. The number of carbonyl (C=O) groups is 1. The van der Waals surface area contributed by atoms with Crippen molar-refractivity contribution in [1.29, 1.82) is 5.26 Å². The summed E-state index contributed by atoms with van der Waals surface area (Å²) in [5.74, 6) is -0.0539. The average Bonchev–Trinajstić information content (AvgIpc) is 2.48. The number of benzene rings is 1. The highest BCUT2D eigenvalue weighted by Gasteiger charge is 2.17. The second kappa shape index (κ2) is 9.08. The van der Waals surface area contributed by atoms with Gasteiger partial charge in [-0.3, -0.25) is 9.69 Å². The minimum Gasteiger partial charge on any atom is -0.395 e. The molecule has 0 atom stereocenters. The Morgan fingerprint density at radius 2 is 2.00 bits per heavy atom. The lowest BCUT2D eigenvalue weighted by Crippen LogP contribution is -2.41. The second-order valence-electron chi connectivity index (χ2n) is 4.38. The Morgan fingerprint density at radius 3 is 2.55 bits per heavy atom.